The van der Waals surface area contributed by atoms with Crippen molar-refractivity contribution in [3.05, 3.63) is 67.9 Å². The smallest absolute Gasteiger partial charge is 0.288 e. The van der Waals surface area contributed by atoms with Gasteiger partial charge in [-0.15, -0.1) is 0 Å². The highest BCUT2D eigenvalue weighted by Crippen LogP contribution is 2.25. The molecule has 10 heteroatoms. The molecule has 3 rings (SSSR count). The minimum Gasteiger partial charge on any atom is -0.494 e. The van der Waals surface area contributed by atoms with E-state index in [2.05, 4.69) is 15.3 Å². The van der Waals surface area contributed by atoms with Gasteiger partial charge >= 0.3 is 0 Å². The zero-order valence-corrected chi connectivity index (χ0v) is 15.7. The fourth-order valence-corrected chi connectivity index (χ4v) is 2.72. The van der Waals surface area contributed by atoms with Crippen molar-refractivity contribution in [2.24, 2.45) is 5.10 Å². The first-order valence-corrected chi connectivity index (χ1v) is 8.67. The van der Waals surface area contributed by atoms with E-state index in [1.807, 2.05) is 31.2 Å². The van der Waals surface area contributed by atoms with Crippen molar-refractivity contribution in [1.82, 2.24) is 14.9 Å². The van der Waals surface area contributed by atoms with Crippen LogP contribution in [0.25, 0.3) is 11.4 Å². The third-order valence-electron chi connectivity index (χ3n) is 3.54. The zero-order chi connectivity index (χ0) is 19.4. The predicted molar refractivity (Wildman–Crippen MR) is 105 cm³/mol. The van der Waals surface area contributed by atoms with Crippen LogP contribution in [0.4, 0.5) is 5.69 Å². The lowest BCUT2D eigenvalue weighted by atomic mass is 10.2. The summed E-state index contributed by atoms with van der Waals surface area (Å²) in [5.41, 5.74) is 1.07. The molecule has 0 aliphatic rings. The molecule has 1 heterocycles. The van der Waals surface area contributed by atoms with Gasteiger partial charge in [-0.05, 0) is 37.3 Å². The zero-order valence-electron chi connectivity index (χ0n) is 14.1. The monoisotopic (exact) mass is 403 g/mol. The van der Waals surface area contributed by atoms with Gasteiger partial charge in [-0.3, -0.25) is 10.1 Å². The van der Waals surface area contributed by atoms with Crippen LogP contribution in [-0.4, -0.2) is 32.6 Å². The fraction of sp³-hybridized carbons (Fsp3) is 0.118. The maximum absolute atomic E-state index is 11.0. The fourth-order valence-electron chi connectivity index (χ4n) is 2.35. The lowest BCUT2D eigenvalue weighted by molar-refractivity contribution is -0.384. The number of hydrogen-bond donors (Lipinski definition) is 1. The van der Waals surface area contributed by atoms with Gasteiger partial charge in [0.1, 0.15) is 10.8 Å². The van der Waals surface area contributed by atoms with Gasteiger partial charge in [0, 0.05) is 17.2 Å². The van der Waals surface area contributed by atoms with Crippen molar-refractivity contribution in [3.8, 4) is 17.1 Å². The Morgan fingerprint density at radius 3 is 2.96 bits per heavy atom. The van der Waals surface area contributed by atoms with Crippen LogP contribution in [0.3, 0.4) is 0 Å². The molecule has 3 aromatic rings. The SMILES string of the molecule is CCOc1cccc(-c2n[nH]c(=S)n2/N=C/c2ccc(Cl)c([N+](=O)[O-])c2)c1. The maximum Gasteiger partial charge on any atom is 0.288 e. The van der Waals surface area contributed by atoms with Crippen molar-refractivity contribution >= 4 is 35.7 Å². The molecular weight excluding hydrogens is 390 g/mol. The Kier molecular flexibility index (Phi) is 5.63. The number of ether oxygens (including phenoxy) is 1. The highest BCUT2D eigenvalue weighted by Gasteiger charge is 2.13. The Morgan fingerprint density at radius 2 is 2.22 bits per heavy atom. The normalized spacial score (nSPS) is 11.0. The number of nitro benzene ring substituents is 1. The number of aromatic amines is 1. The first-order chi connectivity index (χ1) is 13.0. The Bertz CT molecular complexity index is 1080. The second-order valence-electron chi connectivity index (χ2n) is 5.34. The van der Waals surface area contributed by atoms with Crippen LogP contribution in [0.1, 0.15) is 12.5 Å². The summed E-state index contributed by atoms with van der Waals surface area (Å²) >= 11 is 11.1. The molecule has 0 radical (unpaired) electrons. The van der Waals surface area contributed by atoms with E-state index >= 15 is 0 Å². The number of H-pyrrole nitrogens is 1. The number of aromatic nitrogens is 3. The first kappa shape index (κ1) is 18.7. The first-order valence-electron chi connectivity index (χ1n) is 7.88. The van der Waals surface area contributed by atoms with Crippen LogP contribution in [0.5, 0.6) is 5.75 Å². The average molecular weight is 404 g/mol. The number of hydrogen-bond acceptors (Lipinski definition) is 6. The Hall–Kier alpha value is -3.04. The van der Waals surface area contributed by atoms with Gasteiger partial charge in [-0.1, -0.05) is 29.8 Å². The van der Waals surface area contributed by atoms with E-state index in [0.717, 1.165) is 5.56 Å². The molecule has 138 valence electrons. The van der Waals surface area contributed by atoms with Crippen molar-refractivity contribution in [2.45, 2.75) is 6.92 Å². The second-order valence-corrected chi connectivity index (χ2v) is 6.13. The van der Waals surface area contributed by atoms with Crippen molar-refractivity contribution in [1.29, 1.82) is 0 Å². The average Bonchev–Trinajstić information content (AvgIpc) is 3.02. The summed E-state index contributed by atoms with van der Waals surface area (Å²) in [4.78, 5) is 10.5. The summed E-state index contributed by atoms with van der Waals surface area (Å²) in [6.45, 7) is 2.45. The van der Waals surface area contributed by atoms with E-state index in [9.17, 15) is 10.1 Å². The quantitative estimate of drug-likeness (QED) is 0.284. The van der Waals surface area contributed by atoms with Gasteiger partial charge in [0.15, 0.2) is 5.82 Å². The second kappa shape index (κ2) is 8.11. The summed E-state index contributed by atoms with van der Waals surface area (Å²) < 4.78 is 7.22. The lowest BCUT2D eigenvalue weighted by Crippen LogP contribution is -1.97. The highest BCUT2D eigenvalue weighted by atomic mass is 35.5. The summed E-state index contributed by atoms with van der Waals surface area (Å²) in [5, 5.41) is 22.3. The van der Waals surface area contributed by atoms with Crippen molar-refractivity contribution in [3.63, 3.8) is 0 Å². The molecule has 0 saturated carbocycles. The van der Waals surface area contributed by atoms with E-state index in [1.54, 1.807) is 6.07 Å². The van der Waals surface area contributed by atoms with Crippen molar-refractivity contribution in [2.75, 3.05) is 6.61 Å². The minimum atomic E-state index is -0.548. The summed E-state index contributed by atoms with van der Waals surface area (Å²) in [6.07, 6.45) is 1.45. The number of benzene rings is 2. The van der Waals surface area contributed by atoms with Gasteiger partial charge in [0.25, 0.3) is 5.69 Å². The Morgan fingerprint density at radius 1 is 1.41 bits per heavy atom. The third kappa shape index (κ3) is 4.21. The Balaban J connectivity index is 1.97. The maximum atomic E-state index is 11.0. The summed E-state index contributed by atoms with van der Waals surface area (Å²) in [6, 6.07) is 11.8. The third-order valence-corrected chi connectivity index (χ3v) is 4.13. The molecular formula is C17H14ClN5O3S. The number of nitro groups is 1. The van der Waals surface area contributed by atoms with Gasteiger partial charge in [-0.2, -0.15) is 14.9 Å². The molecule has 0 unspecified atom stereocenters. The topological polar surface area (TPSA) is 98.3 Å². The number of nitrogens with one attached hydrogen (secondary N) is 1. The van der Waals surface area contributed by atoms with Crippen LogP contribution in [0.2, 0.25) is 5.02 Å². The number of halogens is 1. The van der Waals surface area contributed by atoms with Gasteiger partial charge in [0.05, 0.1) is 17.7 Å². The number of rotatable bonds is 6. The number of nitrogens with zero attached hydrogens (tertiary/aromatic N) is 4. The molecule has 0 atom stereocenters. The summed E-state index contributed by atoms with van der Waals surface area (Å²) in [7, 11) is 0. The minimum absolute atomic E-state index is 0.0606. The molecule has 0 aliphatic carbocycles. The summed E-state index contributed by atoms with van der Waals surface area (Å²) in [5.74, 6) is 1.19. The molecule has 0 spiro atoms. The van der Waals surface area contributed by atoms with E-state index < -0.39 is 4.92 Å². The molecule has 0 amide bonds. The Labute approximate surface area is 164 Å². The van der Waals surface area contributed by atoms with Gasteiger partial charge in [-0.25, -0.2) is 5.10 Å². The molecule has 27 heavy (non-hydrogen) atoms. The van der Waals surface area contributed by atoms with E-state index in [4.69, 9.17) is 28.6 Å². The lowest BCUT2D eigenvalue weighted by Gasteiger charge is -2.05. The largest absolute Gasteiger partial charge is 0.494 e. The predicted octanol–water partition coefficient (Wildman–Crippen LogP) is 4.45. The molecule has 0 bridgehead atoms. The molecule has 1 N–H and O–H groups in total. The highest BCUT2D eigenvalue weighted by molar-refractivity contribution is 7.71. The van der Waals surface area contributed by atoms with Gasteiger partial charge in [0.2, 0.25) is 4.77 Å². The van der Waals surface area contributed by atoms with E-state index in [1.165, 1.54) is 23.0 Å². The van der Waals surface area contributed by atoms with Crippen molar-refractivity contribution < 1.29 is 9.66 Å². The van der Waals surface area contributed by atoms with Gasteiger partial charge < -0.3 is 4.74 Å². The van der Waals surface area contributed by atoms with Crippen LogP contribution in [0, 0.1) is 14.9 Å². The molecule has 8 nitrogen and oxygen atoms in total. The van der Waals surface area contributed by atoms with Crippen LogP contribution in [0.15, 0.2) is 47.6 Å². The van der Waals surface area contributed by atoms with Crippen LogP contribution in [-0.2, 0) is 0 Å². The van der Waals surface area contributed by atoms with Crippen LogP contribution >= 0.6 is 23.8 Å². The molecule has 0 saturated heterocycles. The molecule has 0 aliphatic heterocycles. The molecule has 2 aromatic carbocycles. The van der Waals surface area contributed by atoms with Crippen LogP contribution < -0.4 is 4.74 Å². The van der Waals surface area contributed by atoms with E-state index in [-0.39, 0.29) is 15.5 Å². The standard InChI is InChI=1S/C17H14ClN5O3S/c1-2-26-13-5-3-4-12(9-13)16-20-21-17(27)22(16)19-10-11-6-7-14(18)15(8-11)23(24)25/h3-10H,2H2,1H3,(H,21,27)/b19-10+. The molecule has 1 aromatic heterocycles. The van der Waals surface area contributed by atoms with E-state index in [0.29, 0.717) is 23.7 Å². The molecule has 0 fully saturated rings.